The Bertz CT molecular complexity index is 846. The lowest BCUT2D eigenvalue weighted by Gasteiger charge is -2.20. The van der Waals surface area contributed by atoms with Gasteiger partial charge in [-0.25, -0.2) is 0 Å². The molecule has 3 aromatic carbocycles. The van der Waals surface area contributed by atoms with Gasteiger partial charge in [-0.2, -0.15) is 0 Å². The molecule has 0 heterocycles. The smallest absolute Gasteiger partial charge is 0.126 e. The highest BCUT2D eigenvalue weighted by Crippen LogP contribution is 2.30. The molecule has 3 aromatic rings. The van der Waals surface area contributed by atoms with E-state index in [1.165, 1.54) is 11.1 Å². The van der Waals surface area contributed by atoms with Crippen LogP contribution in [0.3, 0.4) is 0 Å². The summed E-state index contributed by atoms with van der Waals surface area (Å²) in [7, 11) is 1.71. The maximum atomic E-state index is 6.01. The van der Waals surface area contributed by atoms with Gasteiger partial charge in [0.2, 0.25) is 0 Å². The van der Waals surface area contributed by atoms with E-state index in [1.807, 2.05) is 18.2 Å². The molecule has 0 amide bonds. The zero-order valence-corrected chi connectivity index (χ0v) is 16.8. The first kappa shape index (κ1) is 20.1. The second kappa shape index (κ2) is 10.1. The summed E-state index contributed by atoms with van der Waals surface area (Å²) in [6, 6.07) is 27.6. The molecule has 0 aromatic heterocycles. The van der Waals surface area contributed by atoms with Crippen LogP contribution in [0, 0.1) is 5.92 Å². The summed E-state index contributed by atoms with van der Waals surface area (Å²) in [5.74, 6) is 1.32. The summed E-state index contributed by atoms with van der Waals surface area (Å²) in [5, 5.41) is 3.65. The van der Waals surface area contributed by atoms with E-state index < -0.39 is 0 Å². The second-order valence-corrected chi connectivity index (χ2v) is 7.24. The number of methoxy groups -OCH3 is 1. The molecule has 28 heavy (non-hydrogen) atoms. The van der Waals surface area contributed by atoms with E-state index in [-0.39, 0.29) is 6.04 Å². The molecule has 146 valence electrons. The summed E-state index contributed by atoms with van der Waals surface area (Å²) >= 11 is 0. The third-order valence-electron chi connectivity index (χ3n) is 5.24. The number of para-hydroxylation sites is 1. The normalized spacial score (nSPS) is 13.1. The number of nitrogens with one attached hydrogen (secondary N) is 1. The molecule has 3 heteroatoms. The average molecular weight is 375 g/mol. The predicted octanol–water partition coefficient (Wildman–Crippen LogP) is 4.83. The fourth-order valence-electron chi connectivity index (χ4n) is 3.48. The van der Waals surface area contributed by atoms with Crippen molar-refractivity contribution in [3.8, 4) is 16.9 Å². The van der Waals surface area contributed by atoms with Gasteiger partial charge in [-0.05, 0) is 48.6 Å². The van der Waals surface area contributed by atoms with Crippen LogP contribution in [0.5, 0.6) is 5.75 Å². The Kier molecular flexibility index (Phi) is 7.24. The fraction of sp³-hybridized carbons (Fsp3) is 0.280. The molecule has 3 N–H and O–H groups in total. The largest absolute Gasteiger partial charge is 0.496 e. The van der Waals surface area contributed by atoms with Crippen molar-refractivity contribution in [1.29, 1.82) is 0 Å². The van der Waals surface area contributed by atoms with Crippen LogP contribution in [-0.2, 0) is 6.42 Å². The van der Waals surface area contributed by atoms with Crippen LogP contribution in [0.2, 0.25) is 0 Å². The molecule has 3 rings (SSSR count). The van der Waals surface area contributed by atoms with E-state index in [0.717, 1.165) is 29.8 Å². The van der Waals surface area contributed by atoms with E-state index in [4.69, 9.17) is 10.5 Å². The number of ether oxygens (including phenoxy) is 1. The highest BCUT2D eigenvalue weighted by molar-refractivity contribution is 5.70. The van der Waals surface area contributed by atoms with Gasteiger partial charge in [-0.1, -0.05) is 72.8 Å². The van der Waals surface area contributed by atoms with Crippen LogP contribution in [-0.4, -0.2) is 20.2 Å². The second-order valence-electron chi connectivity index (χ2n) is 7.24. The number of nitrogens with two attached hydrogens (primary N) is 1. The zero-order valence-electron chi connectivity index (χ0n) is 16.8. The number of hydrogen-bond donors (Lipinski definition) is 2. The third kappa shape index (κ3) is 5.22. The first-order valence-corrected chi connectivity index (χ1v) is 9.92. The van der Waals surface area contributed by atoms with Crippen LogP contribution in [0.25, 0.3) is 11.1 Å². The van der Waals surface area contributed by atoms with Crippen molar-refractivity contribution >= 4 is 0 Å². The molecule has 0 aliphatic rings. The number of rotatable bonds is 9. The topological polar surface area (TPSA) is 47.3 Å². The number of benzene rings is 3. The third-order valence-corrected chi connectivity index (χ3v) is 5.24. The van der Waals surface area contributed by atoms with Gasteiger partial charge in [0.1, 0.15) is 5.75 Å². The van der Waals surface area contributed by atoms with E-state index >= 15 is 0 Å². The van der Waals surface area contributed by atoms with Gasteiger partial charge in [0.25, 0.3) is 0 Å². The van der Waals surface area contributed by atoms with E-state index in [0.29, 0.717) is 12.5 Å². The standard InChI is InChI=1S/C25H30N2O/c1-19(27-18-21(17-26)16-20-8-4-3-5-9-20)22-12-14-23(15-13-22)24-10-6-7-11-25(24)28-2/h3-15,19,21,27H,16-18,26H2,1-2H3. The summed E-state index contributed by atoms with van der Waals surface area (Å²) < 4.78 is 5.48. The molecule has 0 bridgehead atoms. The average Bonchev–Trinajstić information content (AvgIpc) is 2.77. The van der Waals surface area contributed by atoms with Crippen LogP contribution in [0.1, 0.15) is 24.1 Å². The van der Waals surface area contributed by atoms with Gasteiger partial charge >= 0.3 is 0 Å². The molecule has 0 fully saturated rings. The van der Waals surface area contributed by atoms with Crippen molar-refractivity contribution in [2.24, 2.45) is 11.7 Å². The Hall–Kier alpha value is -2.62. The molecule has 3 nitrogen and oxygen atoms in total. The fourth-order valence-corrected chi connectivity index (χ4v) is 3.48. The summed E-state index contributed by atoms with van der Waals surface area (Å²) in [6.07, 6.45) is 1.00. The van der Waals surface area contributed by atoms with Gasteiger partial charge in [-0.15, -0.1) is 0 Å². The lowest BCUT2D eigenvalue weighted by atomic mass is 9.98. The van der Waals surface area contributed by atoms with Crippen molar-refractivity contribution in [2.45, 2.75) is 19.4 Å². The van der Waals surface area contributed by atoms with Crippen molar-refractivity contribution < 1.29 is 4.74 Å². The van der Waals surface area contributed by atoms with Crippen LogP contribution in [0.4, 0.5) is 0 Å². The van der Waals surface area contributed by atoms with Crippen molar-refractivity contribution in [1.82, 2.24) is 5.32 Å². The minimum Gasteiger partial charge on any atom is -0.496 e. The maximum Gasteiger partial charge on any atom is 0.126 e. The van der Waals surface area contributed by atoms with Gasteiger partial charge in [-0.3, -0.25) is 0 Å². The quantitative estimate of drug-likeness (QED) is 0.564. The highest BCUT2D eigenvalue weighted by atomic mass is 16.5. The first-order chi connectivity index (χ1) is 13.7. The van der Waals surface area contributed by atoms with Gasteiger partial charge < -0.3 is 15.8 Å². The minimum absolute atomic E-state index is 0.275. The number of hydrogen-bond acceptors (Lipinski definition) is 3. The SMILES string of the molecule is COc1ccccc1-c1ccc(C(C)NCC(CN)Cc2ccccc2)cc1. The minimum atomic E-state index is 0.275. The molecule has 0 spiro atoms. The predicted molar refractivity (Wildman–Crippen MR) is 118 cm³/mol. The summed E-state index contributed by atoms with van der Waals surface area (Å²) in [6.45, 7) is 3.79. The van der Waals surface area contributed by atoms with E-state index in [9.17, 15) is 0 Å². The van der Waals surface area contributed by atoms with E-state index in [1.54, 1.807) is 7.11 Å². The van der Waals surface area contributed by atoms with Crippen LogP contribution in [0.15, 0.2) is 78.9 Å². The Morgan fingerprint density at radius 1 is 0.893 bits per heavy atom. The summed E-state index contributed by atoms with van der Waals surface area (Å²) in [4.78, 5) is 0. The molecule has 2 unspecified atom stereocenters. The van der Waals surface area contributed by atoms with Crippen LogP contribution >= 0.6 is 0 Å². The molecule has 0 aliphatic carbocycles. The Morgan fingerprint density at radius 2 is 1.57 bits per heavy atom. The lowest BCUT2D eigenvalue weighted by Crippen LogP contribution is -2.31. The molecule has 2 atom stereocenters. The Morgan fingerprint density at radius 3 is 2.25 bits per heavy atom. The Balaban J connectivity index is 1.60. The van der Waals surface area contributed by atoms with Crippen molar-refractivity contribution in [3.05, 3.63) is 90.0 Å². The maximum absolute atomic E-state index is 6.01. The molecule has 0 aliphatic heterocycles. The molecule has 0 radical (unpaired) electrons. The highest BCUT2D eigenvalue weighted by Gasteiger charge is 2.12. The molecular formula is C25H30N2O. The van der Waals surface area contributed by atoms with Gasteiger partial charge in [0, 0.05) is 18.2 Å². The summed E-state index contributed by atoms with van der Waals surface area (Å²) in [5.41, 5.74) is 10.9. The lowest BCUT2D eigenvalue weighted by molar-refractivity contribution is 0.416. The van der Waals surface area contributed by atoms with Crippen LogP contribution < -0.4 is 15.8 Å². The molecular weight excluding hydrogens is 344 g/mol. The zero-order chi connectivity index (χ0) is 19.8. The molecule has 0 saturated carbocycles. The van der Waals surface area contributed by atoms with Crippen molar-refractivity contribution in [3.63, 3.8) is 0 Å². The van der Waals surface area contributed by atoms with Gasteiger partial charge in [0.05, 0.1) is 7.11 Å². The van der Waals surface area contributed by atoms with Gasteiger partial charge in [0.15, 0.2) is 0 Å². The molecule has 0 saturated heterocycles. The Labute approximate surface area is 168 Å². The van der Waals surface area contributed by atoms with Crippen molar-refractivity contribution in [2.75, 3.05) is 20.2 Å². The first-order valence-electron chi connectivity index (χ1n) is 9.92. The monoisotopic (exact) mass is 374 g/mol. The van der Waals surface area contributed by atoms with E-state index in [2.05, 4.69) is 72.9 Å².